The van der Waals surface area contributed by atoms with Crippen molar-refractivity contribution in [3.05, 3.63) is 29.3 Å². The van der Waals surface area contributed by atoms with Gasteiger partial charge in [0.15, 0.2) is 0 Å². The van der Waals surface area contributed by atoms with Crippen LogP contribution in [0.15, 0.2) is 18.2 Å². The van der Waals surface area contributed by atoms with Crippen LogP contribution in [0.1, 0.15) is 50.7 Å². The Morgan fingerprint density at radius 1 is 1.26 bits per heavy atom. The van der Waals surface area contributed by atoms with Crippen LogP contribution in [-0.2, 0) is 6.42 Å². The second kappa shape index (κ2) is 8.18. The van der Waals surface area contributed by atoms with Crippen LogP contribution < -0.4 is 10.5 Å². The molecule has 2 unspecified atom stereocenters. The third-order valence-corrected chi connectivity index (χ3v) is 3.57. The van der Waals surface area contributed by atoms with E-state index in [0.717, 1.165) is 25.0 Å². The van der Waals surface area contributed by atoms with E-state index in [9.17, 15) is 5.11 Å². The van der Waals surface area contributed by atoms with E-state index < -0.39 is 6.10 Å². The summed E-state index contributed by atoms with van der Waals surface area (Å²) >= 11 is 0. The lowest BCUT2D eigenvalue weighted by atomic mass is 9.87. The van der Waals surface area contributed by atoms with Gasteiger partial charge < -0.3 is 15.6 Å². The van der Waals surface area contributed by atoms with Gasteiger partial charge in [0.05, 0.1) is 12.7 Å². The Morgan fingerprint density at radius 2 is 2.00 bits per heavy atom. The Balaban J connectivity index is 2.95. The Hall–Kier alpha value is -1.06. The molecule has 0 aliphatic carbocycles. The minimum Gasteiger partial charge on any atom is -0.494 e. The minimum atomic E-state index is -0.416. The maximum Gasteiger partial charge on any atom is 0.119 e. The van der Waals surface area contributed by atoms with E-state index in [1.165, 1.54) is 11.1 Å². The van der Waals surface area contributed by atoms with Gasteiger partial charge in [-0.3, -0.25) is 0 Å². The minimum absolute atomic E-state index is 0.328. The first-order valence-electron chi connectivity index (χ1n) is 7.29. The van der Waals surface area contributed by atoms with Gasteiger partial charge in [-0.25, -0.2) is 0 Å². The highest BCUT2D eigenvalue weighted by Gasteiger charge is 2.17. The summed E-state index contributed by atoms with van der Waals surface area (Å²) < 4.78 is 5.55. The van der Waals surface area contributed by atoms with Crippen molar-refractivity contribution in [2.24, 2.45) is 5.73 Å². The molecule has 3 nitrogen and oxygen atoms in total. The fourth-order valence-electron chi connectivity index (χ4n) is 2.48. The van der Waals surface area contributed by atoms with E-state index in [2.05, 4.69) is 26.0 Å². The number of aliphatic hydroxyl groups excluding tert-OH is 1. The predicted octanol–water partition coefficient (Wildman–Crippen LogP) is 2.85. The third-order valence-electron chi connectivity index (χ3n) is 3.57. The lowest BCUT2D eigenvalue weighted by Gasteiger charge is -2.21. The molecule has 0 amide bonds. The molecular formula is C16H27NO2. The molecular weight excluding hydrogens is 238 g/mol. The van der Waals surface area contributed by atoms with E-state index in [-0.39, 0.29) is 0 Å². The molecule has 0 fully saturated rings. The second-order valence-corrected chi connectivity index (χ2v) is 4.88. The van der Waals surface area contributed by atoms with Crippen LogP contribution in [0.5, 0.6) is 5.75 Å². The van der Waals surface area contributed by atoms with Crippen LogP contribution in [0.3, 0.4) is 0 Å². The molecule has 0 saturated carbocycles. The fourth-order valence-corrected chi connectivity index (χ4v) is 2.48. The van der Waals surface area contributed by atoms with E-state index in [1.54, 1.807) is 0 Å². The number of rotatable bonds is 8. The van der Waals surface area contributed by atoms with Gasteiger partial charge in [0.2, 0.25) is 0 Å². The first-order valence-corrected chi connectivity index (χ1v) is 7.29. The average Bonchev–Trinajstić information content (AvgIpc) is 2.44. The standard InChI is InChI=1S/C16H27NO2/c1-4-12(9-14(18)11-17)16-8-7-15(19-6-3)10-13(16)5-2/h7-8,10,12,14,18H,4-6,9,11,17H2,1-3H3. The predicted molar refractivity (Wildman–Crippen MR) is 79.7 cm³/mol. The van der Waals surface area contributed by atoms with Gasteiger partial charge in [-0.15, -0.1) is 0 Å². The summed E-state index contributed by atoms with van der Waals surface area (Å²) in [7, 11) is 0. The highest BCUT2D eigenvalue weighted by atomic mass is 16.5. The molecule has 2 atom stereocenters. The fraction of sp³-hybridized carbons (Fsp3) is 0.625. The van der Waals surface area contributed by atoms with Gasteiger partial charge in [-0.2, -0.15) is 0 Å². The average molecular weight is 265 g/mol. The summed E-state index contributed by atoms with van der Waals surface area (Å²) in [5.41, 5.74) is 8.15. The summed E-state index contributed by atoms with van der Waals surface area (Å²) in [6, 6.07) is 6.28. The van der Waals surface area contributed by atoms with Crippen molar-refractivity contribution < 1.29 is 9.84 Å². The van der Waals surface area contributed by atoms with Gasteiger partial charge >= 0.3 is 0 Å². The molecule has 0 spiro atoms. The molecule has 0 heterocycles. The summed E-state index contributed by atoms with van der Waals surface area (Å²) in [6.45, 7) is 7.32. The normalized spacial score (nSPS) is 14.2. The topological polar surface area (TPSA) is 55.5 Å². The SMILES string of the molecule is CCOc1ccc(C(CC)CC(O)CN)c(CC)c1. The highest BCUT2D eigenvalue weighted by Crippen LogP contribution is 2.30. The monoisotopic (exact) mass is 265 g/mol. The van der Waals surface area contributed by atoms with Crippen molar-refractivity contribution in [1.29, 1.82) is 0 Å². The van der Waals surface area contributed by atoms with Crippen LogP contribution in [0.4, 0.5) is 0 Å². The number of nitrogens with two attached hydrogens (primary N) is 1. The summed E-state index contributed by atoms with van der Waals surface area (Å²) in [5, 5.41) is 9.77. The molecule has 0 aliphatic rings. The maximum absolute atomic E-state index is 9.77. The van der Waals surface area contributed by atoms with Crippen molar-refractivity contribution in [3.63, 3.8) is 0 Å². The zero-order chi connectivity index (χ0) is 14.3. The smallest absolute Gasteiger partial charge is 0.119 e. The molecule has 0 saturated heterocycles. The number of benzene rings is 1. The molecule has 0 aromatic heterocycles. The third kappa shape index (κ3) is 4.51. The van der Waals surface area contributed by atoms with Crippen LogP contribution in [0.2, 0.25) is 0 Å². The van der Waals surface area contributed by atoms with Crippen LogP contribution in [0, 0.1) is 0 Å². The number of aryl methyl sites for hydroxylation is 1. The van der Waals surface area contributed by atoms with E-state index in [0.29, 0.717) is 19.1 Å². The summed E-state index contributed by atoms with van der Waals surface area (Å²) in [5.74, 6) is 1.29. The highest BCUT2D eigenvalue weighted by molar-refractivity contribution is 5.38. The number of aliphatic hydroxyl groups is 1. The van der Waals surface area contributed by atoms with Crippen molar-refractivity contribution in [2.45, 2.75) is 52.1 Å². The largest absolute Gasteiger partial charge is 0.494 e. The van der Waals surface area contributed by atoms with Crippen LogP contribution in [0.25, 0.3) is 0 Å². The first-order chi connectivity index (χ1) is 9.15. The Labute approximate surface area is 116 Å². The van der Waals surface area contributed by atoms with Crippen molar-refractivity contribution in [3.8, 4) is 5.75 Å². The lowest BCUT2D eigenvalue weighted by molar-refractivity contribution is 0.162. The van der Waals surface area contributed by atoms with Crippen molar-refractivity contribution in [1.82, 2.24) is 0 Å². The molecule has 1 aromatic rings. The van der Waals surface area contributed by atoms with E-state index in [1.807, 2.05) is 13.0 Å². The zero-order valence-corrected chi connectivity index (χ0v) is 12.4. The second-order valence-electron chi connectivity index (χ2n) is 4.88. The molecule has 3 N–H and O–H groups in total. The lowest BCUT2D eigenvalue weighted by Crippen LogP contribution is -2.22. The number of ether oxygens (including phenoxy) is 1. The summed E-state index contributed by atoms with van der Waals surface area (Å²) in [4.78, 5) is 0. The van der Waals surface area contributed by atoms with E-state index in [4.69, 9.17) is 10.5 Å². The molecule has 0 bridgehead atoms. The van der Waals surface area contributed by atoms with Gasteiger partial charge in [-0.1, -0.05) is 19.9 Å². The molecule has 1 rings (SSSR count). The molecule has 108 valence electrons. The number of hydrogen-bond donors (Lipinski definition) is 2. The Bertz CT molecular complexity index is 379. The van der Waals surface area contributed by atoms with Crippen LogP contribution in [-0.4, -0.2) is 24.4 Å². The Morgan fingerprint density at radius 3 is 2.53 bits per heavy atom. The molecule has 1 aromatic carbocycles. The molecule has 3 heteroatoms. The first kappa shape index (κ1) is 16.0. The van der Waals surface area contributed by atoms with Gasteiger partial charge in [-0.05, 0) is 55.4 Å². The van der Waals surface area contributed by atoms with Gasteiger partial charge in [0, 0.05) is 6.54 Å². The van der Waals surface area contributed by atoms with Gasteiger partial charge in [0.1, 0.15) is 5.75 Å². The molecule has 19 heavy (non-hydrogen) atoms. The van der Waals surface area contributed by atoms with Crippen LogP contribution >= 0.6 is 0 Å². The van der Waals surface area contributed by atoms with Crippen molar-refractivity contribution >= 4 is 0 Å². The molecule has 0 radical (unpaired) electrons. The summed E-state index contributed by atoms with van der Waals surface area (Å²) in [6.07, 6.45) is 2.30. The zero-order valence-electron chi connectivity index (χ0n) is 12.4. The van der Waals surface area contributed by atoms with E-state index >= 15 is 0 Å². The van der Waals surface area contributed by atoms with Crippen molar-refractivity contribution in [2.75, 3.05) is 13.2 Å². The molecule has 0 aliphatic heterocycles. The quantitative estimate of drug-likeness (QED) is 0.760. The number of hydrogen-bond acceptors (Lipinski definition) is 3. The Kier molecular flexibility index (Phi) is 6.89. The van der Waals surface area contributed by atoms with Gasteiger partial charge in [0.25, 0.3) is 0 Å². The maximum atomic E-state index is 9.77.